The summed E-state index contributed by atoms with van der Waals surface area (Å²) < 4.78 is 9.39. The van der Waals surface area contributed by atoms with Crippen LogP contribution in [-0.4, -0.2) is 9.55 Å². The van der Waals surface area contributed by atoms with Crippen molar-refractivity contribution in [1.29, 1.82) is 0 Å². The van der Waals surface area contributed by atoms with Crippen LogP contribution in [0.2, 0.25) is 0 Å². The fourth-order valence-electron chi connectivity index (χ4n) is 11.6. The predicted molar refractivity (Wildman–Crippen MR) is 326 cm³/mol. The third kappa shape index (κ3) is 10.3. The minimum Gasteiger partial charge on any atom is -0.509 e. The van der Waals surface area contributed by atoms with Crippen LogP contribution in [0.1, 0.15) is 116 Å². The van der Waals surface area contributed by atoms with Gasteiger partial charge in [0.2, 0.25) is 0 Å². The fourth-order valence-corrected chi connectivity index (χ4v) is 11.6. The van der Waals surface area contributed by atoms with Gasteiger partial charge in [0.05, 0.1) is 0 Å². The van der Waals surface area contributed by atoms with E-state index in [1.54, 1.807) is 0 Å². The van der Waals surface area contributed by atoms with Gasteiger partial charge in [-0.05, 0) is 85.5 Å². The van der Waals surface area contributed by atoms with E-state index in [1.807, 2.05) is 12.3 Å². The Kier molecular flexibility index (Phi) is 14.6. The Balaban J connectivity index is 0.00000704. The molecule has 3 heterocycles. The maximum atomic E-state index is 7.13. The molecule has 6 heteroatoms. The molecule has 8 aromatic carbocycles. The Morgan fingerprint density at radius 3 is 1.59 bits per heavy atom. The number of nitrogens with zero attached hydrogens (tertiary/aromatic N) is 4. The molecule has 11 rings (SSSR count). The number of fused-ring (bicyclic) bond motifs is 3. The van der Waals surface area contributed by atoms with E-state index >= 15 is 0 Å². The maximum absolute atomic E-state index is 7.13. The Morgan fingerprint density at radius 1 is 0.443 bits per heavy atom. The number of pyridine rings is 1. The number of allylic oxidation sites excluding steroid dienone is 2. The number of aromatic nitrogens is 2. The van der Waals surface area contributed by atoms with Gasteiger partial charge in [-0.15, -0.1) is 48.3 Å². The van der Waals surface area contributed by atoms with Crippen LogP contribution in [0.4, 0.5) is 11.4 Å². The molecular formula is C73H71N4OPt-3. The van der Waals surface area contributed by atoms with Crippen molar-refractivity contribution in [1.82, 2.24) is 9.55 Å². The van der Waals surface area contributed by atoms with Gasteiger partial charge in [-0.1, -0.05) is 240 Å². The molecule has 0 bridgehead atoms. The summed E-state index contributed by atoms with van der Waals surface area (Å²) in [5, 5.41) is 2.29. The van der Waals surface area contributed by atoms with Crippen LogP contribution < -0.4 is 14.5 Å². The first kappa shape index (κ1) is 54.9. The second kappa shape index (κ2) is 21.0. The van der Waals surface area contributed by atoms with Gasteiger partial charge in [-0.25, -0.2) is 4.98 Å². The molecule has 10 aromatic rings. The first-order valence-corrected chi connectivity index (χ1v) is 27.4. The number of ether oxygens (including phenoxy) is 1. The number of para-hydroxylation sites is 1. The van der Waals surface area contributed by atoms with Gasteiger partial charge in [-0.2, -0.15) is 6.07 Å². The van der Waals surface area contributed by atoms with E-state index in [2.05, 4.69) is 310 Å². The second-order valence-corrected chi connectivity index (χ2v) is 24.7. The molecule has 0 amide bonds. The average molecular weight is 1220 g/mol. The van der Waals surface area contributed by atoms with E-state index in [0.29, 0.717) is 11.5 Å². The van der Waals surface area contributed by atoms with Crippen molar-refractivity contribution >= 4 is 33.2 Å². The van der Waals surface area contributed by atoms with Crippen molar-refractivity contribution < 1.29 is 25.8 Å². The van der Waals surface area contributed by atoms with Crippen molar-refractivity contribution in [2.45, 2.75) is 110 Å². The molecule has 0 atom stereocenters. The largest absolute Gasteiger partial charge is 0.509 e. The zero-order valence-corrected chi connectivity index (χ0v) is 50.0. The standard InChI is InChI=1S/C73H71N4O.Pt/c1-69(2,3)56-42-51(50-28-17-13-18-29-50)43-58(44-56)76-49-75(67(72(9,10)53-32-21-15-22-33-53)68(76)73(11,12)54-34-23-16-24-35-54)57-36-27-37-59(46-57)78-60-47-62(70(4,5)6)66-61-38-25-26-39-63(61)77(64(66)48-60)65-45-55(40-41-74-65)71(7,8)52-30-19-14-20-31-52;/h13-45,47,49H,1-12H3;/q-3;. The Morgan fingerprint density at radius 2 is 1.00 bits per heavy atom. The smallest absolute Gasteiger partial charge is 0.135 e. The number of anilines is 2. The van der Waals surface area contributed by atoms with Crippen LogP contribution in [0.15, 0.2) is 218 Å². The predicted octanol–water partition coefficient (Wildman–Crippen LogP) is 18.8. The molecule has 0 unspecified atom stereocenters. The molecule has 0 saturated heterocycles. The van der Waals surface area contributed by atoms with Crippen LogP contribution in [0.5, 0.6) is 11.5 Å². The van der Waals surface area contributed by atoms with E-state index in [-0.39, 0.29) is 37.3 Å². The number of rotatable bonds is 12. The molecule has 0 fully saturated rings. The molecule has 79 heavy (non-hydrogen) atoms. The monoisotopic (exact) mass is 1210 g/mol. The minimum atomic E-state index is -0.502. The molecule has 1 aliphatic heterocycles. The van der Waals surface area contributed by atoms with Gasteiger partial charge in [0.15, 0.2) is 0 Å². The third-order valence-electron chi connectivity index (χ3n) is 16.2. The number of benzene rings is 8. The van der Waals surface area contributed by atoms with Crippen molar-refractivity contribution in [2.24, 2.45) is 0 Å². The molecule has 1 aliphatic rings. The van der Waals surface area contributed by atoms with Gasteiger partial charge in [0.1, 0.15) is 5.82 Å². The SMILES string of the molecule is CC(C)(C)c1cc(-c2ccccc2)cc(N2[CH-]N(c3[c-]c(Oc4[c-]c5c(c(C(C)(C)C)c4)c4ccccc4n5-c4cc(C(C)(C)c5ccccc5)ccn4)ccc3)C(C(C)(C)c3ccccc3)=C2C(C)(C)c2ccccc2)c1.[Pt]. The normalized spacial score (nSPS) is 13.6. The van der Waals surface area contributed by atoms with Gasteiger partial charge in [0, 0.05) is 77.6 Å². The maximum Gasteiger partial charge on any atom is 0.135 e. The first-order valence-electron chi connectivity index (χ1n) is 27.4. The van der Waals surface area contributed by atoms with Gasteiger partial charge in [0.25, 0.3) is 0 Å². The van der Waals surface area contributed by atoms with E-state index in [4.69, 9.17) is 9.72 Å². The van der Waals surface area contributed by atoms with Crippen LogP contribution in [0.25, 0.3) is 38.8 Å². The molecule has 0 aliphatic carbocycles. The molecule has 0 saturated carbocycles. The zero-order valence-electron chi connectivity index (χ0n) is 47.7. The number of hydrogen-bond donors (Lipinski definition) is 0. The third-order valence-corrected chi connectivity index (χ3v) is 16.2. The van der Waals surface area contributed by atoms with E-state index in [9.17, 15) is 0 Å². The quantitative estimate of drug-likeness (QED) is 0.114. The van der Waals surface area contributed by atoms with Crippen LogP contribution in [0, 0.1) is 18.8 Å². The molecular weight excluding hydrogens is 1140 g/mol. The van der Waals surface area contributed by atoms with Crippen LogP contribution >= 0.6 is 0 Å². The molecule has 0 N–H and O–H groups in total. The Hall–Kier alpha value is -7.46. The van der Waals surface area contributed by atoms with Crippen molar-refractivity contribution in [3.05, 3.63) is 270 Å². The molecule has 0 radical (unpaired) electrons. The molecule has 5 nitrogen and oxygen atoms in total. The minimum absolute atomic E-state index is 0. The van der Waals surface area contributed by atoms with Gasteiger partial charge >= 0.3 is 0 Å². The zero-order chi connectivity index (χ0) is 54.8. The molecule has 402 valence electrons. The summed E-state index contributed by atoms with van der Waals surface area (Å²) in [4.78, 5) is 9.91. The fraction of sp³-hybridized carbons (Fsp3) is 0.233. The van der Waals surface area contributed by atoms with E-state index in [0.717, 1.165) is 50.3 Å². The van der Waals surface area contributed by atoms with E-state index < -0.39 is 10.8 Å². The summed E-state index contributed by atoms with van der Waals surface area (Å²) >= 11 is 0. The summed E-state index contributed by atoms with van der Waals surface area (Å²) in [5.41, 5.74) is 14.3. The summed E-state index contributed by atoms with van der Waals surface area (Å²) in [5.74, 6) is 2.03. The van der Waals surface area contributed by atoms with Crippen molar-refractivity contribution in [3.8, 4) is 28.4 Å². The van der Waals surface area contributed by atoms with Gasteiger partial charge in [-0.3, -0.25) is 0 Å². The van der Waals surface area contributed by atoms with E-state index in [1.165, 1.54) is 44.6 Å². The topological polar surface area (TPSA) is 33.5 Å². The Bertz CT molecular complexity index is 3840. The summed E-state index contributed by atoms with van der Waals surface area (Å²) in [6.45, 7) is 30.0. The van der Waals surface area contributed by atoms with Crippen molar-refractivity contribution in [3.63, 3.8) is 0 Å². The average Bonchev–Trinajstić information content (AvgIpc) is 4.16. The summed E-state index contributed by atoms with van der Waals surface area (Å²) in [6.07, 6.45) is 1.94. The second-order valence-electron chi connectivity index (χ2n) is 24.7. The first-order chi connectivity index (χ1) is 37.2. The molecule has 0 spiro atoms. The summed E-state index contributed by atoms with van der Waals surface area (Å²) in [6, 6.07) is 79.6. The van der Waals surface area contributed by atoms with Crippen molar-refractivity contribution in [2.75, 3.05) is 9.80 Å². The van der Waals surface area contributed by atoms with Crippen LogP contribution in [-0.2, 0) is 48.1 Å². The number of hydrogen-bond acceptors (Lipinski definition) is 4. The Labute approximate surface area is 483 Å². The summed E-state index contributed by atoms with van der Waals surface area (Å²) in [7, 11) is 0. The van der Waals surface area contributed by atoms with Gasteiger partial charge < -0.3 is 19.1 Å². The molecule has 2 aromatic heterocycles. The van der Waals surface area contributed by atoms with Crippen LogP contribution in [0.3, 0.4) is 0 Å².